The van der Waals surface area contributed by atoms with Gasteiger partial charge >= 0.3 is 6.85 Å². The number of aryl methyl sites for hydroxylation is 1. The predicted molar refractivity (Wildman–Crippen MR) is 217 cm³/mol. The molecule has 1 aromatic heterocycles. The first-order valence-electron chi connectivity index (χ1n) is 17.8. The Morgan fingerprint density at radius 2 is 1.28 bits per heavy atom. The summed E-state index contributed by atoms with van der Waals surface area (Å²) in [5.41, 5.74) is 15.3. The van der Waals surface area contributed by atoms with E-state index in [1.165, 1.54) is 100 Å². The first kappa shape index (κ1) is 29.4. The maximum atomic E-state index is 2.59. The van der Waals surface area contributed by atoms with Gasteiger partial charge in [-0.05, 0) is 89.0 Å². The van der Waals surface area contributed by atoms with E-state index in [-0.39, 0.29) is 6.85 Å². The Balaban J connectivity index is 1.32. The van der Waals surface area contributed by atoms with Crippen molar-refractivity contribution in [3.05, 3.63) is 163 Å². The number of hydrogen-bond donors (Lipinski definition) is 0. The molecule has 0 fully saturated rings. The summed E-state index contributed by atoms with van der Waals surface area (Å²) in [6, 6.07) is 58.9. The zero-order chi connectivity index (χ0) is 33.2. The number of nitrogens with zero attached hydrogens (tertiary/aromatic N) is 2. The highest BCUT2D eigenvalue weighted by atomic mass is 32.1. The third-order valence-electron chi connectivity index (χ3n) is 10.6. The van der Waals surface area contributed by atoms with Gasteiger partial charge in [0.05, 0.1) is 5.69 Å². The molecule has 2 aliphatic heterocycles. The van der Waals surface area contributed by atoms with E-state index in [2.05, 4.69) is 174 Å². The summed E-state index contributed by atoms with van der Waals surface area (Å²) >= 11 is 1.90. The van der Waals surface area contributed by atoms with E-state index in [1.54, 1.807) is 0 Å². The van der Waals surface area contributed by atoms with Crippen LogP contribution in [0.5, 0.6) is 0 Å². The van der Waals surface area contributed by atoms with Crippen molar-refractivity contribution in [3.8, 4) is 22.3 Å². The normalized spacial score (nSPS) is 13.0. The molecule has 0 amide bonds. The van der Waals surface area contributed by atoms with Crippen LogP contribution in [0.2, 0.25) is 0 Å². The Labute approximate surface area is 298 Å². The van der Waals surface area contributed by atoms with Gasteiger partial charge in [0.25, 0.3) is 0 Å². The van der Waals surface area contributed by atoms with Gasteiger partial charge in [-0.3, -0.25) is 0 Å². The molecule has 0 spiro atoms. The average Bonchev–Trinajstić information content (AvgIpc) is 3.55. The smallest absolute Gasteiger partial charge is 0.333 e. The van der Waals surface area contributed by atoms with Crippen molar-refractivity contribution in [3.63, 3.8) is 0 Å². The molecule has 8 aromatic rings. The maximum Gasteiger partial charge on any atom is 0.333 e. The van der Waals surface area contributed by atoms with Crippen molar-refractivity contribution in [1.29, 1.82) is 0 Å². The summed E-state index contributed by atoms with van der Waals surface area (Å²) < 4.78 is 2.65. The molecule has 0 atom stereocenters. The molecular weight excluding hydrogens is 623 g/mol. The third kappa shape index (κ3) is 4.48. The molecule has 0 radical (unpaired) electrons. The maximum absolute atomic E-state index is 2.59. The van der Waals surface area contributed by atoms with Crippen LogP contribution in [0.3, 0.4) is 0 Å². The molecule has 2 nitrogen and oxygen atoms in total. The second kappa shape index (κ2) is 11.8. The Kier molecular flexibility index (Phi) is 6.92. The van der Waals surface area contributed by atoms with Crippen molar-refractivity contribution < 1.29 is 0 Å². The lowest BCUT2D eigenvalue weighted by molar-refractivity contribution is 0.795. The van der Waals surface area contributed by atoms with Crippen LogP contribution in [0, 0.1) is 0 Å². The number of hydrogen-bond acceptors (Lipinski definition) is 3. The van der Waals surface area contributed by atoms with Crippen LogP contribution in [0.15, 0.2) is 158 Å². The molecular formula is C46H35BN2S. The molecule has 7 aromatic carbocycles. The van der Waals surface area contributed by atoms with Crippen molar-refractivity contribution in [2.24, 2.45) is 0 Å². The lowest BCUT2D eigenvalue weighted by Gasteiger charge is -2.46. The largest absolute Gasteiger partial charge is 0.376 e. The fourth-order valence-corrected chi connectivity index (χ4v) is 9.48. The zero-order valence-corrected chi connectivity index (χ0v) is 28.8. The van der Waals surface area contributed by atoms with Crippen LogP contribution in [0.4, 0.5) is 28.4 Å². The van der Waals surface area contributed by atoms with Gasteiger partial charge < -0.3 is 9.71 Å². The van der Waals surface area contributed by atoms with Gasteiger partial charge in [-0.2, -0.15) is 0 Å². The quantitative estimate of drug-likeness (QED) is 0.164. The monoisotopic (exact) mass is 658 g/mol. The minimum atomic E-state index is -0.00295. The number of para-hydroxylation sites is 2. The predicted octanol–water partition coefficient (Wildman–Crippen LogP) is 11.8. The number of anilines is 5. The summed E-state index contributed by atoms with van der Waals surface area (Å²) in [5, 5.41) is 2.66. The van der Waals surface area contributed by atoms with Gasteiger partial charge in [0.1, 0.15) is 0 Å². The van der Waals surface area contributed by atoms with E-state index in [0.717, 1.165) is 6.42 Å². The fourth-order valence-electron chi connectivity index (χ4n) is 8.36. The van der Waals surface area contributed by atoms with Crippen LogP contribution < -0.4 is 20.6 Å². The molecule has 0 unspecified atom stereocenters. The molecule has 2 aliphatic rings. The Bertz CT molecular complexity index is 2560. The van der Waals surface area contributed by atoms with E-state index in [4.69, 9.17) is 0 Å². The van der Waals surface area contributed by atoms with Crippen molar-refractivity contribution >= 4 is 77.7 Å². The lowest BCUT2D eigenvalue weighted by Crippen LogP contribution is -2.61. The molecule has 0 saturated carbocycles. The van der Waals surface area contributed by atoms with Gasteiger partial charge in [-0.25, -0.2) is 0 Å². The molecule has 50 heavy (non-hydrogen) atoms. The standard InChI is InChI=1S/C46H35BN2S/c1-2-3-15-31-26-27-40(37(28-31)32-16-6-4-7-17-32)48-42-24-14-22-36-34-20-10-12-23-41(34)49(33-18-8-5-9-19-33)47(46(36)42)39-29-38-35-21-11-13-25-44(35)50-45(38)30-43(39)48/h4-14,16-30H,2-3,15H2,1H3. The summed E-state index contributed by atoms with van der Waals surface area (Å²) in [6.45, 7) is 2.27. The second-order valence-electron chi connectivity index (χ2n) is 13.5. The van der Waals surface area contributed by atoms with Gasteiger partial charge in [0.15, 0.2) is 0 Å². The zero-order valence-electron chi connectivity index (χ0n) is 28.0. The Hall–Kier alpha value is -5.58. The molecule has 3 heterocycles. The second-order valence-corrected chi connectivity index (χ2v) is 14.6. The first-order valence-corrected chi connectivity index (χ1v) is 18.6. The molecule has 0 aliphatic carbocycles. The fraction of sp³-hybridized carbons (Fsp3) is 0.0870. The van der Waals surface area contributed by atoms with Crippen LogP contribution >= 0.6 is 11.3 Å². The summed E-state index contributed by atoms with van der Waals surface area (Å²) in [5.74, 6) is 0. The van der Waals surface area contributed by atoms with Crippen molar-refractivity contribution in [2.45, 2.75) is 26.2 Å². The average molecular weight is 659 g/mol. The Morgan fingerprint density at radius 3 is 2.14 bits per heavy atom. The summed E-state index contributed by atoms with van der Waals surface area (Å²) in [6.07, 6.45) is 3.46. The van der Waals surface area contributed by atoms with Crippen molar-refractivity contribution in [1.82, 2.24) is 0 Å². The molecule has 10 rings (SSSR count). The molecule has 0 bridgehead atoms. The number of benzene rings is 7. The number of rotatable bonds is 6. The number of thiophene rings is 1. The molecule has 4 heteroatoms. The molecule has 0 saturated heterocycles. The minimum Gasteiger partial charge on any atom is -0.376 e. The highest BCUT2D eigenvalue weighted by Gasteiger charge is 2.45. The minimum absolute atomic E-state index is 0.00295. The molecule has 238 valence electrons. The lowest BCUT2D eigenvalue weighted by atomic mass is 9.43. The van der Waals surface area contributed by atoms with Crippen LogP contribution in [-0.4, -0.2) is 6.85 Å². The van der Waals surface area contributed by atoms with Gasteiger partial charge in [-0.15, -0.1) is 11.3 Å². The van der Waals surface area contributed by atoms with Crippen molar-refractivity contribution in [2.75, 3.05) is 9.71 Å². The summed E-state index contributed by atoms with van der Waals surface area (Å²) in [7, 11) is 0. The number of unbranched alkanes of at least 4 members (excludes halogenated alkanes) is 1. The number of fused-ring (bicyclic) bond motifs is 7. The SMILES string of the molecule is CCCCc1ccc(N2c3cc4sc5ccccc5c4cc3B3c4c(cccc42)-c2ccccc2N3c2ccccc2)c(-c2ccccc2)c1. The van der Waals surface area contributed by atoms with Crippen LogP contribution in [0.1, 0.15) is 25.3 Å². The highest BCUT2D eigenvalue weighted by Crippen LogP contribution is 2.49. The van der Waals surface area contributed by atoms with Gasteiger partial charge in [0.2, 0.25) is 0 Å². The van der Waals surface area contributed by atoms with Gasteiger partial charge in [-0.1, -0.05) is 123 Å². The first-order chi connectivity index (χ1) is 24.8. The van der Waals surface area contributed by atoms with E-state index in [0.29, 0.717) is 0 Å². The highest BCUT2D eigenvalue weighted by molar-refractivity contribution is 7.26. The van der Waals surface area contributed by atoms with Crippen LogP contribution in [-0.2, 0) is 6.42 Å². The molecule has 0 N–H and O–H groups in total. The van der Waals surface area contributed by atoms with E-state index < -0.39 is 0 Å². The summed E-state index contributed by atoms with van der Waals surface area (Å²) in [4.78, 5) is 5.17. The van der Waals surface area contributed by atoms with E-state index in [9.17, 15) is 0 Å². The van der Waals surface area contributed by atoms with Crippen LogP contribution in [0.25, 0.3) is 42.4 Å². The topological polar surface area (TPSA) is 6.48 Å². The van der Waals surface area contributed by atoms with E-state index >= 15 is 0 Å². The Morgan fingerprint density at radius 1 is 0.540 bits per heavy atom. The third-order valence-corrected chi connectivity index (χ3v) is 11.7. The van der Waals surface area contributed by atoms with Gasteiger partial charge in [0, 0.05) is 54.0 Å². The van der Waals surface area contributed by atoms with E-state index in [1.807, 2.05) is 11.3 Å².